The van der Waals surface area contributed by atoms with Gasteiger partial charge in [0.1, 0.15) is 28.8 Å². The molecule has 0 fully saturated rings. The van der Waals surface area contributed by atoms with E-state index in [0.29, 0.717) is 33.7 Å². The van der Waals surface area contributed by atoms with Crippen molar-refractivity contribution in [2.75, 3.05) is 24.4 Å². The van der Waals surface area contributed by atoms with Crippen LogP contribution in [-0.4, -0.2) is 26.0 Å². The van der Waals surface area contributed by atoms with E-state index in [4.69, 9.17) is 9.47 Å². The minimum absolute atomic E-state index is 0.0529. The fraction of sp³-hybridized carbons (Fsp3) is 0.120. The van der Waals surface area contributed by atoms with Gasteiger partial charge in [0, 0.05) is 30.0 Å². The van der Waals surface area contributed by atoms with Gasteiger partial charge in [-0.3, -0.25) is 9.59 Å². The zero-order valence-corrected chi connectivity index (χ0v) is 18.1. The lowest BCUT2D eigenvalue weighted by atomic mass is 10.0. The van der Waals surface area contributed by atoms with Gasteiger partial charge >= 0.3 is 0 Å². The van der Waals surface area contributed by atoms with Gasteiger partial charge in [0.05, 0.1) is 25.5 Å². The molecular formula is C25H20F2N2O4. The molecule has 0 aliphatic carbocycles. The third-order valence-electron chi connectivity index (χ3n) is 5.20. The van der Waals surface area contributed by atoms with E-state index in [0.717, 1.165) is 17.7 Å². The van der Waals surface area contributed by atoms with Crippen LogP contribution in [0.4, 0.5) is 20.2 Å². The zero-order valence-electron chi connectivity index (χ0n) is 18.1. The largest absolute Gasteiger partial charge is 0.497 e. The number of carbonyl (C=O) groups is 2. The summed E-state index contributed by atoms with van der Waals surface area (Å²) in [4.78, 5) is 27.5. The molecule has 0 aromatic heterocycles. The first-order valence-corrected chi connectivity index (χ1v) is 9.97. The number of aryl methyl sites for hydroxylation is 1. The van der Waals surface area contributed by atoms with Crippen LogP contribution in [-0.2, 0) is 9.59 Å². The predicted octanol–water partition coefficient (Wildman–Crippen LogP) is 4.69. The molecule has 4 rings (SSSR count). The molecule has 3 aromatic rings. The maximum absolute atomic E-state index is 14.5. The molecule has 168 valence electrons. The third-order valence-corrected chi connectivity index (χ3v) is 5.20. The number of ether oxygens (including phenoxy) is 2. The standard InChI is InChI=1S/C25H20F2N2O4/c1-14-4-6-15(7-5-14)22-23(28-17-11-18(32-2)13-19(12-17)33-3)25(31)29(24(22)30)21-9-8-16(26)10-20(21)27/h4-13,28H,1-3H3. The summed E-state index contributed by atoms with van der Waals surface area (Å²) in [5.41, 5.74) is 1.53. The Kier molecular flexibility index (Phi) is 5.83. The molecule has 0 atom stereocenters. The maximum atomic E-state index is 14.5. The first-order valence-electron chi connectivity index (χ1n) is 9.97. The predicted molar refractivity (Wildman–Crippen MR) is 120 cm³/mol. The van der Waals surface area contributed by atoms with Gasteiger partial charge in [-0.2, -0.15) is 0 Å². The lowest BCUT2D eigenvalue weighted by Crippen LogP contribution is -2.33. The molecule has 1 aliphatic heterocycles. The number of imide groups is 1. The number of nitrogens with zero attached hydrogens (tertiary/aromatic N) is 1. The van der Waals surface area contributed by atoms with Gasteiger partial charge in [-0.05, 0) is 24.6 Å². The average Bonchev–Trinajstić information content (AvgIpc) is 3.03. The molecule has 8 heteroatoms. The number of rotatable bonds is 6. The highest BCUT2D eigenvalue weighted by atomic mass is 19.1. The molecule has 1 aliphatic rings. The van der Waals surface area contributed by atoms with Crippen molar-refractivity contribution in [3.8, 4) is 11.5 Å². The second kappa shape index (κ2) is 8.74. The van der Waals surface area contributed by atoms with E-state index in [-0.39, 0.29) is 17.0 Å². The molecule has 0 unspecified atom stereocenters. The van der Waals surface area contributed by atoms with Crippen molar-refractivity contribution < 1.29 is 27.8 Å². The average molecular weight is 450 g/mol. The molecule has 0 bridgehead atoms. The van der Waals surface area contributed by atoms with Crippen molar-refractivity contribution in [1.29, 1.82) is 0 Å². The lowest BCUT2D eigenvalue weighted by Gasteiger charge is -2.16. The number of methoxy groups -OCH3 is 2. The first-order chi connectivity index (χ1) is 15.8. The molecule has 0 saturated carbocycles. The van der Waals surface area contributed by atoms with E-state index in [1.165, 1.54) is 14.2 Å². The van der Waals surface area contributed by atoms with Crippen LogP contribution in [0.15, 0.2) is 66.4 Å². The quantitative estimate of drug-likeness (QED) is 0.552. The third kappa shape index (κ3) is 4.15. The van der Waals surface area contributed by atoms with Crippen LogP contribution in [0.1, 0.15) is 11.1 Å². The van der Waals surface area contributed by atoms with Gasteiger partial charge in [0.25, 0.3) is 11.8 Å². The molecule has 1 N–H and O–H groups in total. The number of amides is 2. The highest BCUT2D eigenvalue weighted by molar-refractivity contribution is 6.46. The number of hydrogen-bond acceptors (Lipinski definition) is 5. The minimum Gasteiger partial charge on any atom is -0.497 e. The second-order valence-electron chi connectivity index (χ2n) is 7.38. The molecule has 0 radical (unpaired) electrons. The molecule has 2 amide bonds. The summed E-state index contributed by atoms with van der Waals surface area (Å²) in [5, 5.41) is 2.98. The molecule has 3 aromatic carbocycles. The van der Waals surface area contributed by atoms with Crippen molar-refractivity contribution in [2.45, 2.75) is 6.92 Å². The summed E-state index contributed by atoms with van der Waals surface area (Å²) in [6, 6.07) is 14.6. The number of anilines is 2. The van der Waals surface area contributed by atoms with Gasteiger partial charge in [-0.25, -0.2) is 13.7 Å². The van der Waals surface area contributed by atoms with E-state index in [1.807, 2.05) is 6.92 Å². The molecule has 0 saturated heterocycles. The summed E-state index contributed by atoms with van der Waals surface area (Å²) in [7, 11) is 2.97. The maximum Gasteiger partial charge on any atom is 0.282 e. The van der Waals surface area contributed by atoms with Crippen LogP contribution in [0.2, 0.25) is 0 Å². The number of benzene rings is 3. The Morgan fingerprint density at radius 2 is 1.45 bits per heavy atom. The minimum atomic E-state index is -1.02. The smallest absolute Gasteiger partial charge is 0.282 e. The monoisotopic (exact) mass is 450 g/mol. The van der Waals surface area contributed by atoms with Gasteiger partial charge < -0.3 is 14.8 Å². The van der Waals surface area contributed by atoms with Gasteiger partial charge in [-0.15, -0.1) is 0 Å². The Bertz CT molecular complexity index is 1260. The molecule has 0 spiro atoms. The number of halogens is 2. The zero-order chi connectivity index (χ0) is 23.7. The molecular weight excluding hydrogens is 430 g/mol. The number of carbonyl (C=O) groups excluding carboxylic acids is 2. The van der Waals surface area contributed by atoms with Gasteiger partial charge in [-0.1, -0.05) is 29.8 Å². The number of nitrogens with one attached hydrogen (secondary N) is 1. The summed E-state index contributed by atoms with van der Waals surface area (Å²) in [6.45, 7) is 1.89. The fourth-order valence-corrected chi connectivity index (χ4v) is 3.54. The Balaban J connectivity index is 1.85. The molecule has 33 heavy (non-hydrogen) atoms. The summed E-state index contributed by atoms with van der Waals surface area (Å²) in [5.74, 6) is -2.41. The van der Waals surface area contributed by atoms with Crippen molar-refractivity contribution in [3.63, 3.8) is 0 Å². The van der Waals surface area contributed by atoms with Gasteiger partial charge in [0.15, 0.2) is 0 Å². The van der Waals surface area contributed by atoms with E-state index >= 15 is 0 Å². The van der Waals surface area contributed by atoms with Crippen molar-refractivity contribution in [1.82, 2.24) is 0 Å². The van der Waals surface area contributed by atoms with E-state index in [9.17, 15) is 18.4 Å². The Morgan fingerprint density at radius 1 is 0.818 bits per heavy atom. The van der Waals surface area contributed by atoms with Crippen LogP contribution in [0, 0.1) is 18.6 Å². The Morgan fingerprint density at radius 3 is 2.03 bits per heavy atom. The van der Waals surface area contributed by atoms with E-state index in [1.54, 1.807) is 42.5 Å². The van der Waals surface area contributed by atoms with Crippen LogP contribution < -0.4 is 19.7 Å². The van der Waals surface area contributed by atoms with Crippen LogP contribution in [0.25, 0.3) is 5.57 Å². The number of hydrogen-bond donors (Lipinski definition) is 1. The SMILES string of the molecule is COc1cc(NC2=C(c3ccc(C)cc3)C(=O)N(c3ccc(F)cc3F)C2=O)cc(OC)c1. The Hall–Kier alpha value is -4.20. The molecule has 1 heterocycles. The summed E-state index contributed by atoms with van der Waals surface area (Å²) < 4.78 is 38.5. The highest BCUT2D eigenvalue weighted by Crippen LogP contribution is 2.36. The first kappa shape index (κ1) is 22.0. The Labute approximate surface area is 189 Å². The van der Waals surface area contributed by atoms with Crippen molar-refractivity contribution in [3.05, 3.63) is 89.1 Å². The fourth-order valence-electron chi connectivity index (χ4n) is 3.54. The summed E-state index contributed by atoms with van der Waals surface area (Å²) in [6.07, 6.45) is 0. The van der Waals surface area contributed by atoms with Crippen LogP contribution in [0.3, 0.4) is 0 Å². The molecule has 6 nitrogen and oxygen atoms in total. The van der Waals surface area contributed by atoms with E-state index in [2.05, 4.69) is 5.32 Å². The normalized spacial score (nSPS) is 13.5. The van der Waals surface area contributed by atoms with Crippen molar-refractivity contribution in [2.24, 2.45) is 0 Å². The van der Waals surface area contributed by atoms with Crippen LogP contribution in [0.5, 0.6) is 11.5 Å². The summed E-state index contributed by atoms with van der Waals surface area (Å²) >= 11 is 0. The highest BCUT2D eigenvalue weighted by Gasteiger charge is 2.41. The van der Waals surface area contributed by atoms with Crippen molar-refractivity contribution >= 4 is 28.8 Å². The van der Waals surface area contributed by atoms with Gasteiger partial charge in [0.2, 0.25) is 0 Å². The second-order valence-corrected chi connectivity index (χ2v) is 7.38. The lowest BCUT2D eigenvalue weighted by molar-refractivity contribution is -0.120. The topological polar surface area (TPSA) is 67.9 Å². The van der Waals surface area contributed by atoms with Crippen LogP contribution >= 0.6 is 0 Å². The van der Waals surface area contributed by atoms with E-state index < -0.39 is 23.4 Å².